The standard InChI is InChI=1S/C46H35BN2O/c1-28-25-34(43-41(26-28)49-40-21-9-8-17-35(40)46(2,3)36-18-12-19-37(47-43)44(36)49)33-27-30(29-13-5-4-6-14-29)23-24-38(33)48-39-20-11-16-32-31-15-7-10-22-42(31)50-45(32)39/h4-27,47-48H,1-3H3. The van der Waals surface area contributed by atoms with Crippen molar-refractivity contribution < 1.29 is 4.42 Å². The summed E-state index contributed by atoms with van der Waals surface area (Å²) in [6.45, 7) is 6.96. The number of fused-ring (bicyclic) bond motifs is 7. The normalized spacial score (nSPS) is 13.8. The zero-order chi connectivity index (χ0) is 33.6. The average molecular weight is 643 g/mol. The molecule has 50 heavy (non-hydrogen) atoms. The molecule has 3 heterocycles. The van der Waals surface area contributed by atoms with Crippen molar-refractivity contribution in [2.45, 2.75) is 26.2 Å². The van der Waals surface area contributed by atoms with Gasteiger partial charge in [0, 0.05) is 38.8 Å². The molecule has 2 aliphatic heterocycles. The number of nitrogens with zero attached hydrogens (tertiary/aromatic N) is 1. The number of nitrogens with one attached hydrogen (secondary N) is 1. The Hall–Kier alpha value is -6.00. The van der Waals surface area contributed by atoms with Crippen LogP contribution in [0.25, 0.3) is 44.2 Å². The van der Waals surface area contributed by atoms with Gasteiger partial charge in [0.05, 0.1) is 11.4 Å². The Kier molecular flexibility index (Phi) is 6.23. The molecular formula is C46H35BN2O. The van der Waals surface area contributed by atoms with E-state index in [-0.39, 0.29) is 5.41 Å². The highest BCUT2D eigenvalue weighted by molar-refractivity contribution is 6.73. The fourth-order valence-corrected chi connectivity index (χ4v) is 8.51. The van der Waals surface area contributed by atoms with Gasteiger partial charge in [0.1, 0.15) is 5.58 Å². The Balaban J connectivity index is 1.21. The van der Waals surface area contributed by atoms with E-state index in [1.165, 1.54) is 66.9 Å². The molecule has 1 aromatic heterocycles. The second-order valence-corrected chi connectivity index (χ2v) is 14.3. The first-order valence-corrected chi connectivity index (χ1v) is 17.5. The molecule has 0 unspecified atom stereocenters. The topological polar surface area (TPSA) is 28.4 Å². The van der Waals surface area contributed by atoms with E-state index in [2.05, 4.69) is 164 Å². The summed E-state index contributed by atoms with van der Waals surface area (Å²) in [5.41, 5.74) is 19.0. The van der Waals surface area contributed by atoms with Gasteiger partial charge in [-0.25, -0.2) is 0 Å². The lowest BCUT2D eigenvalue weighted by Crippen LogP contribution is -2.45. The fourth-order valence-electron chi connectivity index (χ4n) is 8.51. The van der Waals surface area contributed by atoms with E-state index < -0.39 is 0 Å². The average Bonchev–Trinajstić information content (AvgIpc) is 3.53. The Morgan fingerprint density at radius 2 is 1.36 bits per heavy atom. The molecule has 0 saturated carbocycles. The second-order valence-electron chi connectivity index (χ2n) is 14.3. The van der Waals surface area contributed by atoms with E-state index in [0.717, 1.165) is 40.6 Å². The SMILES string of the molecule is Cc1cc(-c2cc(-c3ccccc3)ccc2Nc2cccc3c2oc2ccccc23)c2c(c1)N1c3ccccc3C(C)(C)c3cccc(c31)B2. The number of furan rings is 1. The van der Waals surface area contributed by atoms with Gasteiger partial charge in [-0.05, 0) is 82.2 Å². The van der Waals surface area contributed by atoms with Crippen LogP contribution in [0, 0.1) is 6.92 Å². The summed E-state index contributed by atoms with van der Waals surface area (Å²) >= 11 is 0. The molecule has 4 heteroatoms. The van der Waals surface area contributed by atoms with Crippen molar-refractivity contribution in [3.63, 3.8) is 0 Å². The van der Waals surface area contributed by atoms with Crippen molar-refractivity contribution in [3.05, 3.63) is 162 Å². The molecule has 238 valence electrons. The van der Waals surface area contributed by atoms with Crippen LogP contribution in [0.5, 0.6) is 0 Å². The molecular weight excluding hydrogens is 607 g/mol. The third-order valence-corrected chi connectivity index (χ3v) is 10.9. The second kappa shape index (κ2) is 10.8. The monoisotopic (exact) mass is 642 g/mol. The van der Waals surface area contributed by atoms with Crippen LogP contribution in [0.15, 0.2) is 150 Å². The van der Waals surface area contributed by atoms with Crippen LogP contribution in [0.2, 0.25) is 0 Å². The van der Waals surface area contributed by atoms with E-state index >= 15 is 0 Å². The van der Waals surface area contributed by atoms with Gasteiger partial charge in [0.2, 0.25) is 0 Å². The lowest BCUT2D eigenvalue weighted by molar-refractivity contribution is 0.632. The highest BCUT2D eigenvalue weighted by atomic mass is 16.3. The summed E-state index contributed by atoms with van der Waals surface area (Å²) < 4.78 is 6.47. The predicted molar refractivity (Wildman–Crippen MR) is 212 cm³/mol. The molecule has 2 aliphatic rings. The van der Waals surface area contributed by atoms with Crippen LogP contribution in [0.3, 0.4) is 0 Å². The van der Waals surface area contributed by atoms with Crippen LogP contribution < -0.4 is 21.1 Å². The lowest BCUT2D eigenvalue weighted by atomic mass is 9.56. The summed E-state index contributed by atoms with van der Waals surface area (Å²) in [7, 11) is 0.858. The van der Waals surface area contributed by atoms with Gasteiger partial charge in [-0.1, -0.05) is 129 Å². The maximum absolute atomic E-state index is 6.47. The number of benzene rings is 7. The van der Waals surface area contributed by atoms with Crippen molar-refractivity contribution >= 4 is 68.6 Å². The molecule has 7 aromatic carbocycles. The van der Waals surface area contributed by atoms with E-state index in [9.17, 15) is 0 Å². The molecule has 10 rings (SSSR count). The van der Waals surface area contributed by atoms with E-state index in [1.54, 1.807) is 0 Å². The van der Waals surface area contributed by atoms with Crippen molar-refractivity contribution in [2.75, 3.05) is 10.2 Å². The molecule has 0 spiro atoms. The Labute approximate surface area is 293 Å². The number of anilines is 5. The molecule has 0 saturated heterocycles. The van der Waals surface area contributed by atoms with Crippen LogP contribution >= 0.6 is 0 Å². The zero-order valence-corrected chi connectivity index (χ0v) is 28.4. The summed E-state index contributed by atoms with van der Waals surface area (Å²) in [5, 5.41) is 6.10. The van der Waals surface area contributed by atoms with Crippen molar-refractivity contribution in [3.8, 4) is 22.3 Å². The van der Waals surface area contributed by atoms with Gasteiger partial charge >= 0.3 is 0 Å². The van der Waals surface area contributed by atoms with Crippen molar-refractivity contribution in [1.29, 1.82) is 0 Å². The Morgan fingerprint density at radius 3 is 2.26 bits per heavy atom. The molecule has 0 amide bonds. The van der Waals surface area contributed by atoms with Gasteiger partial charge in [-0.15, -0.1) is 0 Å². The maximum Gasteiger partial charge on any atom is 0.198 e. The number of rotatable bonds is 4. The smallest absolute Gasteiger partial charge is 0.198 e. The van der Waals surface area contributed by atoms with Crippen LogP contribution in [0.4, 0.5) is 28.4 Å². The fraction of sp³-hybridized carbons (Fsp3) is 0.0870. The number of aryl methyl sites for hydroxylation is 1. The minimum atomic E-state index is -0.0959. The largest absolute Gasteiger partial charge is 0.454 e. The highest BCUT2D eigenvalue weighted by Gasteiger charge is 2.41. The third kappa shape index (κ3) is 4.24. The lowest BCUT2D eigenvalue weighted by Gasteiger charge is -2.46. The van der Waals surface area contributed by atoms with Gasteiger partial charge in [0.15, 0.2) is 12.9 Å². The summed E-state index contributed by atoms with van der Waals surface area (Å²) in [5.74, 6) is 0. The van der Waals surface area contributed by atoms with E-state index in [1.807, 2.05) is 12.1 Å². The zero-order valence-electron chi connectivity index (χ0n) is 28.4. The van der Waals surface area contributed by atoms with Crippen LogP contribution in [-0.4, -0.2) is 7.28 Å². The minimum absolute atomic E-state index is 0.0959. The molecule has 0 atom stereocenters. The first kappa shape index (κ1) is 29.0. The molecule has 1 N–H and O–H groups in total. The van der Waals surface area contributed by atoms with Crippen molar-refractivity contribution in [1.82, 2.24) is 0 Å². The van der Waals surface area contributed by atoms with Gasteiger partial charge in [0.25, 0.3) is 0 Å². The van der Waals surface area contributed by atoms with Crippen LogP contribution in [0.1, 0.15) is 30.5 Å². The molecule has 0 radical (unpaired) electrons. The number of hydrogen-bond donors (Lipinski definition) is 1. The quantitative estimate of drug-likeness (QED) is 0.194. The predicted octanol–water partition coefficient (Wildman–Crippen LogP) is 10.8. The molecule has 0 bridgehead atoms. The summed E-state index contributed by atoms with van der Waals surface area (Å²) in [6.07, 6.45) is 0. The summed E-state index contributed by atoms with van der Waals surface area (Å²) in [4.78, 5) is 2.55. The minimum Gasteiger partial charge on any atom is -0.454 e. The van der Waals surface area contributed by atoms with Crippen molar-refractivity contribution in [2.24, 2.45) is 0 Å². The van der Waals surface area contributed by atoms with Gasteiger partial charge in [-0.2, -0.15) is 0 Å². The molecule has 8 aromatic rings. The Morgan fingerprint density at radius 1 is 0.600 bits per heavy atom. The number of para-hydroxylation sites is 4. The van der Waals surface area contributed by atoms with Gasteiger partial charge < -0.3 is 14.6 Å². The van der Waals surface area contributed by atoms with E-state index in [4.69, 9.17) is 4.42 Å². The van der Waals surface area contributed by atoms with Gasteiger partial charge in [-0.3, -0.25) is 0 Å². The summed E-state index contributed by atoms with van der Waals surface area (Å²) in [6, 6.07) is 52.8. The maximum atomic E-state index is 6.47. The first-order chi connectivity index (χ1) is 24.5. The Bertz CT molecular complexity index is 2650. The molecule has 0 fully saturated rings. The molecule has 3 nitrogen and oxygen atoms in total. The van der Waals surface area contributed by atoms with E-state index in [0.29, 0.717) is 0 Å². The third-order valence-electron chi connectivity index (χ3n) is 10.9. The molecule has 0 aliphatic carbocycles. The first-order valence-electron chi connectivity index (χ1n) is 17.5. The van der Waals surface area contributed by atoms with Crippen LogP contribution in [-0.2, 0) is 5.41 Å². The highest BCUT2D eigenvalue weighted by Crippen LogP contribution is 2.52. The number of hydrogen-bond acceptors (Lipinski definition) is 3.